The molecule has 1 unspecified atom stereocenters. The molecule has 0 spiro atoms. The van der Waals surface area contributed by atoms with E-state index in [1.165, 1.54) is 0 Å². The smallest absolute Gasteiger partial charge is 0.325 e. The summed E-state index contributed by atoms with van der Waals surface area (Å²) < 4.78 is 5.27. The molecule has 2 N–H and O–H groups in total. The molecule has 27 heavy (non-hydrogen) atoms. The van der Waals surface area contributed by atoms with E-state index in [-0.39, 0.29) is 12.5 Å². The Bertz CT molecular complexity index is 734. The highest BCUT2D eigenvalue weighted by Gasteiger charge is 2.51. The van der Waals surface area contributed by atoms with Crippen LogP contribution in [0.25, 0.3) is 0 Å². The summed E-state index contributed by atoms with van der Waals surface area (Å²) in [5, 5.41) is 5.51. The number of carbonyl (C=O) groups excluding carboxylic acids is 3. The third kappa shape index (κ3) is 4.21. The van der Waals surface area contributed by atoms with Crippen LogP contribution in [0.3, 0.4) is 0 Å². The highest BCUT2D eigenvalue weighted by Crippen LogP contribution is 2.34. The van der Waals surface area contributed by atoms with Gasteiger partial charge in [0, 0.05) is 13.1 Å². The van der Waals surface area contributed by atoms with E-state index >= 15 is 0 Å². The summed E-state index contributed by atoms with van der Waals surface area (Å²) in [6.45, 7) is 4.54. The standard InChI is InChI=1S/C19H28N4O4/c1-6-19(14-7-8-15(27-5)13(2)11-14)17(25)23(18(26)21-19)12-16(24)20-9-10-22(3)4/h7-8,11H,6,9-10,12H2,1-5H3,(H,20,24)(H,21,26). The van der Waals surface area contributed by atoms with Gasteiger partial charge in [-0.3, -0.25) is 14.5 Å². The van der Waals surface area contributed by atoms with Crippen molar-refractivity contribution >= 4 is 17.8 Å². The zero-order chi connectivity index (χ0) is 20.2. The molecular weight excluding hydrogens is 348 g/mol. The summed E-state index contributed by atoms with van der Waals surface area (Å²) in [7, 11) is 5.38. The quantitative estimate of drug-likeness (QED) is 0.656. The summed E-state index contributed by atoms with van der Waals surface area (Å²) in [5.41, 5.74) is 0.375. The van der Waals surface area contributed by atoms with Gasteiger partial charge in [0.15, 0.2) is 0 Å². The Morgan fingerprint density at radius 1 is 1.33 bits per heavy atom. The van der Waals surface area contributed by atoms with Crippen molar-refractivity contribution in [3.8, 4) is 5.75 Å². The minimum Gasteiger partial charge on any atom is -0.496 e. The largest absolute Gasteiger partial charge is 0.496 e. The van der Waals surface area contributed by atoms with Crippen LogP contribution in [0.5, 0.6) is 5.75 Å². The van der Waals surface area contributed by atoms with Gasteiger partial charge in [0.05, 0.1) is 7.11 Å². The Morgan fingerprint density at radius 3 is 2.59 bits per heavy atom. The van der Waals surface area contributed by atoms with Crippen LogP contribution >= 0.6 is 0 Å². The fraction of sp³-hybridized carbons (Fsp3) is 0.526. The van der Waals surface area contributed by atoms with Crippen molar-refractivity contribution in [2.75, 3.05) is 40.8 Å². The molecule has 0 radical (unpaired) electrons. The average molecular weight is 376 g/mol. The maximum atomic E-state index is 13.1. The van der Waals surface area contributed by atoms with Gasteiger partial charge in [-0.15, -0.1) is 0 Å². The molecule has 1 atom stereocenters. The van der Waals surface area contributed by atoms with Crippen LogP contribution in [0.4, 0.5) is 4.79 Å². The molecule has 4 amide bonds. The van der Waals surface area contributed by atoms with Crippen molar-refractivity contribution in [3.05, 3.63) is 29.3 Å². The first-order valence-electron chi connectivity index (χ1n) is 8.95. The second-order valence-corrected chi connectivity index (χ2v) is 6.92. The molecule has 1 saturated heterocycles. The predicted molar refractivity (Wildman–Crippen MR) is 102 cm³/mol. The third-order valence-corrected chi connectivity index (χ3v) is 4.78. The van der Waals surface area contributed by atoms with Crippen molar-refractivity contribution < 1.29 is 19.1 Å². The fourth-order valence-electron chi connectivity index (χ4n) is 3.17. The highest BCUT2D eigenvalue weighted by molar-refractivity contribution is 6.09. The molecule has 0 saturated carbocycles. The molecule has 0 aromatic heterocycles. The number of carbonyl (C=O) groups is 3. The molecule has 1 aromatic rings. The number of likely N-dealkylation sites (N-methyl/N-ethyl adjacent to an activating group) is 1. The SMILES string of the molecule is CCC1(c2ccc(OC)c(C)c2)NC(=O)N(CC(=O)NCCN(C)C)C1=O. The minimum atomic E-state index is -1.17. The maximum absolute atomic E-state index is 13.1. The maximum Gasteiger partial charge on any atom is 0.325 e. The lowest BCUT2D eigenvalue weighted by molar-refractivity contribution is -0.135. The number of nitrogens with zero attached hydrogens (tertiary/aromatic N) is 2. The van der Waals surface area contributed by atoms with Crippen LogP contribution < -0.4 is 15.4 Å². The van der Waals surface area contributed by atoms with Gasteiger partial charge in [0.25, 0.3) is 5.91 Å². The predicted octanol–water partition coefficient (Wildman–Crippen LogP) is 0.839. The van der Waals surface area contributed by atoms with E-state index in [2.05, 4.69) is 10.6 Å². The van der Waals surface area contributed by atoms with Gasteiger partial charge in [-0.25, -0.2) is 4.79 Å². The zero-order valence-corrected chi connectivity index (χ0v) is 16.6. The highest BCUT2D eigenvalue weighted by atomic mass is 16.5. The number of amides is 4. The van der Waals surface area contributed by atoms with Crippen LogP contribution in [0.1, 0.15) is 24.5 Å². The Balaban J connectivity index is 2.19. The molecular formula is C19H28N4O4. The number of benzene rings is 1. The van der Waals surface area contributed by atoms with Gasteiger partial charge in [0.1, 0.15) is 17.8 Å². The van der Waals surface area contributed by atoms with Crippen LogP contribution in [-0.2, 0) is 15.1 Å². The van der Waals surface area contributed by atoms with Gasteiger partial charge in [-0.05, 0) is 50.7 Å². The van der Waals surface area contributed by atoms with Gasteiger partial charge < -0.3 is 20.3 Å². The first-order chi connectivity index (χ1) is 12.7. The summed E-state index contributed by atoms with van der Waals surface area (Å²) in [4.78, 5) is 40.6. The molecule has 1 aliphatic rings. The number of imide groups is 1. The van der Waals surface area contributed by atoms with Crippen molar-refractivity contribution in [3.63, 3.8) is 0 Å². The van der Waals surface area contributed by atoms with Gasteiger partial charge in [0.2, 0.25) is 5.91 Å². The van der Waals surface area contributed by atoms with Crippen molar-refractivity contribution in [2.45, 2.75) is 25.8 Å². The molecule has 2 rings (SSSR count). The summed E-state index contributed by atoms with van der Waals surface area (Å²) in [6, 6.07) is 4.83. The normalized spacial score (nSPS) is 19.4. The van der Waals surface area contributed by atoms with Crippen LogP contribution in [0.15, 0.2) is 18.2 Å². The molecule has 0 aliphatic carbocycles. The van der Waals surface area contributed by atoms with E-state index < -0.39 is 17.5 Å². The number of hydrogen-bond acceptors (Lipinski definition) is 5. The number of urea groups is 1. The monoisotopic (exact) mass is 376 g/mol. The summed E-state index contributed by atoms with van der Waals surface area (Å²) in [5.74, 6) is -0.0700. The lowest BCUT2D eigenvalue weighted by Gasteiger charge is -2.26. The molecule has 8 nitrogen and oxygen atoms in total. The Kier molecular flexibility index (Phi) is 6.43. The summed E-state index contributed by atoms with van der Waals surface area (Å²) in [6.07, 6.45) is 0.377. The van der Waals surface area contributed by atoms with E-state index in [0.717, 1.165) is 10.5 Å². The number of hydrogen-bond donors (Lipinski definition) is 2. The van der Waals surface area contributed by atoms with E-state index in [0.29, 0.717) is 30.8 Å². The Labute approximate surface area is 159 Å². The van der Waals surface area contributed by atoms with E-state index in [4.69, 9.17) is 4.74 Å². The molecule has 1 fully saturated rings. The second-order valence-electron chi connectivity index (χ2n) is 6.92. The van der Waals surface area contributed by atoms with Crippen molar-refractivity contribution in [1.82, 2.24) is 20.4 Å². The number of ether oxygens (including phenoxy) is 1. The number of aryl methyl sites for hydroxylation is 1. The second kappa shape index (κ2) is 8.39. The zero-order valence-electron chi connectivity index (χ0n) is 16.6. The van der Waals surface area contributed by atoms with E-state index in [1.54, 1.807) is 19.2 Å². The lowest BCUT2D eigenvalue weighted by atomic mass is 9.86. The summed E-state index contributed by atoms with van der Waals surface area (Å²) >= 11 is 0. The van der Waals surface area contributed by atoms with Crippen LogP contribution in [0, 0.1) is 6.92 Å². The third-order valence-electron chi connectivity index (χ3n) is 4.78. The van der Waals surface area contributed by atoms with Crippen LogP contribution in [-0.4, -0.2) is 68.5 Å². The molecule has 8 heteroatoms. The number of rotatable bonds is 8. The molecule has 148 valence electrons. The minimum absolute atomic E-state index is 0.297. The molecule has 1 heterocycles. The van der Waals surface area contributed by atoms with Gasteiger partial charge in [-0.2, -0.15) is 0 Å². The first-order valence-corrected chi connectivity index (χ1v) is 8.95. The van der Waals surface area contributed by atoms with Crippen molar-refractivity contribution in [1.29, 1.82) is 0 Å². The van der Waals surface area contributed by atoms with E-state index in [9.17, 15) is 14.4 Å². The Hall–Kier alpha value is -2.61. The van der Waals surface area contributed by atoms with E-state index in [1.807, 2.05) is 38.9 Å². The van der Waals surface area contributed by atoms with Crippen molar-refractivity contribution in [2.24, 2.45) is 0 Å². The molecule has 0 bridgehead atoms. The van der Waals surface area contributed by atoms with Gasteiger partial charge in [-0.1, -0.05) is 13.0 Å². The van der Waals surface area contributed by atoms with Crippen LogP contribution in [0.2, 0.25) is 0 Å². The Morgan fingerprint density at radius 2 is 2.04 bits per heavy atom. The fourth-order valence-corrected chi connectivity index (χ4v) is 3.17. The number of methoxy groups -OCH3 is 1. The molecule has 1 aliphatic heterocycles. The average Bonchev–Trinajstić information content (AvgIpc) is 2.86. The topological polar surface area (TPSA) is 91.0 Å². The lowest BCUT2D eigenvalue weighted by Crippen LogP contribution is -2.45. The molecule has 1 aromatic carbocycles. The number of nitrogens with one attached hydrogen (secondary N) is 2. The van der Waals surface area contributed by atoms with Gasteiger partial charge >= 0.3 is 6.03 Å². The first kappa shape index (κ1) is 20.7.